The van der Waals surface area contributed by atoms with Gasteiger partial charge >= 0.3 is 0 Å². The molecule has 0 unspecified atom stereocenters. The number of rotatable bonds is 7. The predicted octanol–water partition coefficient (Wildman–Crippen LogP) is 2.71. The van der Waals surface area contributed by atoms with Crippen molar-refractivity contribution in [2.75, 3.05) is 20.1 Å². The Bertz CT molecular complexity index is 567. The summed E-state index contributed by atoms with van der Waals surface area (Å²) in [5, 5.41) is 6.68. The van der Waals surface area contributed by atoms with Crippen LogP contribution in [0.2, 0.25) is 0 Å². The molecule has 0 radical (unpaired) electrons. The third-order valence-corrected chi connectivity index (χ3v) is 3.57. The summed E-state index contributed by atoms with van der Waals surface area (Å²) >= 11 is 0. The fraction of sp³-hybridized carbons (Fsp3) is 0.529. The van der Waals surface area contributed by atoms with Crippen molar-refractivity contribution in [3.63, 3.8) is 0 Å². The zero-order chi connectivity index (χ0) is 15.8. The zero-order valence-electron chi connectivity index (χ0n) is 13.8. The van der Waals surface area contributed by atoms with Gasteiger partial charge in [0.15, 0.2) is 5.96 Å². The Kier molecular flexibility index (Phi) is 6.25. The van der Waals surface area contributed by atoms with E-state index in [1.54, 1.807) is 7.05 Å². The SMILES string of the molecule is CN=C(NCCCC(C)C)NCCc1nc2ccccc2[nH]1. The van der Waals surface area contributed by atoms with E-state index in [1.807, 2.05) is 18.2 Å². The first kappa shape index (κ1) is 16.3. The van der Waals surface area contributed by atoms with Crippen LogP contribution in [0, 0.1) is 5.92 Å². The highest BCUT2D eigenvalue weighted by atomic mass is 15.2. The normalized spacial score (nSPS) is 12.1. The summed E-state index contributed by atoms with van der Waals surface area (Å²) in [5.74, 6) is 2.62. The maximum Gasteiger partial charge on any atom is 0.190 e. The average molecular weight is 301 g/mol. The first-order valence-electron chi connectivity index (χ1n) is 8.07. The number of nitrogens with one attached hydrogen (secondary N) is 3. The first-order valence-corrected chi connectivity index (χ1v) is 8.07. The van der Waals surface area contributed by atoms with Gasteiger partial charge in [0.1, 0.15) is 5.82 Å². The highest BCUT2D eigenvalue weighted by Crippen LogP contribution is 2.10. The Hall–Kier alpha value is -2.04. The lowest BCUT2D eigenvalue weighted by Crippen LogP contribution is -2.38. The second-order valence-electron chi connectivity index (χ2n) is 5.91. The number of benzene rings is 1. The van der Waals surface area contributed by atoms with Gasteiger partial charge < -0.3 is 15.6 Å². The van der Waals surface area contributed by atoms with Gasteiger partial charge in [-0.15, -0.1) is 0 Å². The van der Waals surface area contributed by atoms with Gasteiger partial charge in [0, 0.05) is 26.6 Å². The molecular weight excluding hydrogens is 274 g/mol. The second kappa shape index (κ2) is 8.41. The molecule has 0 saturated heterocycles. The molecular formula is C17H27N5. The molecule has 1 aromatic heterocycles. The quantitative estimate of drug-likeness (QED) is 0.418. The summed E-state index contributed by atoms with van der Waals surface area (Å²) in [5.41, 5.74) is 2.11. The van der Waals surface area contributed by atoms with Gasteiger partial charge in [-0.05, 0) is 30.9 Å². The minimum atomic E-state index is 0.754. The number of guanidine groups is 1. The summed E-state index contributed by atoms with van der Waals surface area (Å²) in [6.07, 6.45) is 3.26. The topological polar surface area (TPSA) is 65.1 Å². The van der Waals surface area contributed by atoms with Gasteiger partial charge in [-0.2, -0.15) is 0 Å². The van der Waals surface area contributed by atoms with Crippen molar-refractivity contribution in [2.24, 2.45) is 10.9 Å². The number of aromatic nitrogens is 2. The molecule has 5 nitrogen and oxygen atoms in total. The molecule has 2 aromatic rings. The Morgan fingerprint density at radius 3 is 2.73 bits per heavy atom. The van der Waals surface area contributed by atoms with Crippen LogP contribution in [0.3, 0.4) is 0 Å². The molecule has 5 heteroatoms. The number of nitrogens with zero attached hydrogens (tertiary/aromatic N) is 2. The van der Waals surface area contributed by atoms with Gasteiger partial charge in [0.25, 0.3) is 0 Å². The van der Waals surface area contributed by atoms with Gasteiger partial charge in [0.05, 0.1) is 11.0 Å². The number of H-pyrrole nitrogens is 1. The van der Waals surface area contributed by atoms with E-state index in [9.17, 15) is 0 Å². The molecule has 1 aromatic carbocycles. The minimum Gasteiger partial charge on any atom is -0.356 e. The lowest BCUT2D eigenvalue weighted by atomic mass is 10.1. The number of aliphatic imine (C=N–C) groups is 1. The molecule has 0 aliphatic heterocycles. The van der Waals surface area contributed by atoms with E-state index in [0.717, 1.165) is 48.2 Å². The van der Waals surface area contributed by atoms with Crippen molar-refractivity contribution in [3.05, 3.63) is 30.1 Å². The van der Waals surface area contributed by atoms with E-state index in [4.69, 9.17) is 0 Å². The van der Waals surface area contributed by atoms with Crippen molar-refractivity contribution in [1.82, 2.24) is 20.6 Å². The van der Waals surface area contributed by atoms with Crippen LogP contribution in [0.5, 0.6) is 0 Å². The molecule has 0 atom stereocenters. The Labute approximate surface area is 132 Å². The van der Waals surface area contributed by atoms with E-state index in [-0.39, 0.29) is 0 Å². The molecule has 0 saturated carbocycles. The number of fused-ring (bicyclic) bond motifs is 1. The molecule has 0 fully saturated rings. The van der Waals surface area contributed by atoms with Crippen LogP contribution >= 0.6 is 0 Å². The smallest absolute Gasteiger partial charge is 0.190 e. The predicted molar refractivity (Wildman–Crippen MR) is 93.2 cm³/mol. The Morgan fingerprint density at radius 2 is 2.00 bits per heavy atom. The second-order valence-corrected chi connectivity index (χ2v) is 5.91. The molecule has 0 aliphatic carbocycles. The van der Waals surface area contributed by atoms with Crippen LogP contribution < -0.4 is 10.6 Å². The lowest BCUT2D eigenvalue weighted by Gasteiger charge is -2.11. The third-order valence-electron chi connectivity index (χ3n) is 3.57. The first-order chi connectivity index (χ1) is 10.7. The van der Waals surface area contributed by atoms with Crippen molar-refractivity contribution < 1.29 is 0 Å². The monoisotopic (exact) mass is 301 g/mol. The van der Waals surface area contributed by atoms with Crippen LogP contribution in [0.25, 0.3) is 11.0 Å². The zero-order valence-corrected chi connectivity index (χ0v) is 13.8. The van der Waals surface area contributed by atoms with E-state index in [1.165, 1.54) is 12.8 Å². The number of aromatic amines is 1. The van der Waals surface area contributed by atoms with Crippen LogP contribution in [-0.2, 0) is 6.42 Å². The average Bonchev–Trinajstić information content (AvgIpc) is 2.92. The fourth-order valence-corrected chi connectivity index (χ4v) is 2.36. The molecule has 0 spiro atoms. The Balaban J connectivity index is 1.72. The number of para-hydroxylation sites is 2. The van der Waals surface area contributed by atoms with Gasteiger partial charge in [0.2, 0.25) is 0 Å². The molecule has 120 valence electrons. The number of hydrogen-bond donors (Lipinski definition) is 3. The van der Waals surface area contributed by atoms with Gasteiger partial charge in [-0.25, -0.2) is 4.98 Å². The summed E-state index contributed by atoms with van der Waals surface area (Å²) < 4.78 is 0. The van der Waals surface area contributed by atoms with E-state index in [0.29, 0.717) is 0 Å². The summed E-state index contributed by atoms with van der Waals surface area (Å²) in [7, 11) is 1.80. The lowest BCUT2D eigenvalue weighted by molar-refractivity contribution is 0.549. The van der Waals surface area contributed by atoms with Crippen molar-refractivity contribution in [1.29, 1.82) is 0 Å². The molecule has 2 rings (SSSR count). The molecule has 1 heterocycles. The maximum absolute atomic E-state index is 4.57. The molecule has 22 heavy (non-hydrogen) atoms. The van der Waals surface area contributed by atoms with Crippen LogP contribution in [0.4, 0.5) is 0 Å². The van der Waals surface area contributed by atoms with Crippen LogP contribution in [-0.4, -0.2) is 36.1 Å². The third kappa shape index (κ3) is 5.06. The van der Waals surface area contributed by atoms with Gasteiger partial charge in [-0.1, -0.05) is 26.0 Å². The summed E-state index contributed by atoms with van der Waals surface area (Å²) in [4.78, 5) is 12.2. The van der Waals surface area contributed by atoms with E-state index < -0.39 is 0 Å². The highest BCUT2D eigenvalue weighted by Gasteiger charge is 2.03. The molecule has 0 amide bonds. The standard InChI is InChI=1S/C17H27N5/c1-13(2)7-6-11-19-17(18-3)20-12-10-16-21-14-8-4-5-9-15(14)22-16/h4-5,8-9,13H,6-7,10-12H2,1-3H3,(H,21,22)(H2,18,19,20). The maximum atomic E-state index is 4.57. The van der Waals surface area contributed by atoms with Gasteiger partial charge in [-0.3, -0.25) is 4.99 Å². The van der Waals surface area contributed by atoms with E-state index >= 15 is 0 Å². The highest BCUT2D eigenvalue weighted by molar-refractivity contribution is 5.79. The van der Waals surface area contributed by atoms with Crippen molar-refractivity contribution in [2.45, 2.75) is 33.1 Å². The molecule has 3 N–H and O–H groups in total. The number of imidazole rings is 1. The number of hydrogen-bond acceptors (Lipinski definition) is 2. The molecule has 0 aliphatic rings. The summed E-state index contributed by atoms with van der Waals surface area (Å²) in [6, 6.07) is 8.10. The Morgan fingerprint density at radius 1 is 1.23 bits per heavy atom. The minimum absolute atomic E-state index is 0.754. The van der Waals surface area contributed by atoms with Crippen LogP contribution in [0.15, 0.2) is 29.3 Å². The van der Waals surface area contributed by atoms with E-state index in [2.05, 4.69) is 45.5 Å². The van der Waals surface area contributed by atoms with Crippen molar-refractivity contribution >= 4 is 17.0 Å². The van der Waals surface area contributed by atoms with Crippen molar-refractivity contribution in [3.8, 4) is 0 Å². The van der Waals surface area contributed by atoms with Crippen LogP contribution in [0.1, 0.15) is 32.5 Å². The summed E-state index contributed by atoms with van der Waals surface area (Å²) in [6.45, 7) is 6.27. The largest absolute Gasteiger partial charge is 0.356 e. The molecule has 0 bridgehead atoms. The fourth-order valence-electron chi connectivity index (χ4n) is 2.36.